The van der Waals surface area contributed by atoms with Crippen molar-refractivity contribution in [2.75, 3.05) is 13.1 Å². The Hall–Kier alpha value is -1.95. The van der Waals surface area contributed by atoms with Crippen LogP contribution in [0.15, 0.2) is 48.9 Å². The van der Waals surface area contributed by atoms with E-state index >= 15 is 0 Å². The monoisotopic (exact) mass is 357 g/mol. The van der Waals surface area contributed by atoms with Crippen molar-refractivity contribution in [2.24, 2.45) is 0 Å². The molecule has 132 valence electrons. The van der Waals surface area contributed by atoms with Crippen LogP contribution in [-0.2, 0) is 6.54 Å². The molecule has 3 heterocycles. The number of halogens is 1. The lowest BCUT2D eigenvalue weighted by molar-refractivity contribution is 0.138. The van der Waals surface area contributed by atoms with Crippen molar-refractivity contribution in [3.63, 3.8) is 0 Å². The van der Waals surface area contributed by atoms with E-state index in [9.17, 15) is 0 Å². The predicted molar refractivity (Wildman–Crippen MR) is 103 cm³/mol. The third-order valence-corrected chi connectivity index (χ3v) is 4.77. The maximum atomic E-state index is 4.69. The standard InChI is InChI=1S/C19H23N5.ClH/c1-14-11-23(15(2)8-20-14)12-16-9-21-19-18(10-22-24(19)13-16)17-6-4-3-5-7-17;/h3-7,9-10,13-15,20H,8,11-12H2,1-2H3;1H/t14-,15+;/m1./s1. The summed E-state index contributed by atoms with van der Waals surface area (Å²) >= 11 is 0. The number of piperazine rings is 1. The van der Waals surface area contributed by atoms with Gasteiger partial charge in [0.15, 0.2) is 5.65 Å². The lowest BCUT2D eigenvalue weighted by Crippen LogP contribution is -2.53. The summed E-state index contributed by atoms with van der Waals surface area (Å²) in [5.41, 5.74) is 4.33. The van der Waals surface area contributed by atoms with Gasteiger partial charge in [0.2, 0.25) is 0 Å². The zero-order chi connectivity index (χ0) is 16.5. The van der Waals surface area contributed by atoms with Crippen LogP contribution in [0.3, 0.4) is 0 Å². The molecule has 25 heavy (non-hydrogen) atoms. The smallest absolute Gasteiger partial charge is 0.162 e. The van der Waals surface area contributed by atoms with Gasteiger partial charge in [-0.2, -0.15) is 5.10 Å². The molecule has 1 aliphatic heterocycles. The molecule has 1 aromatic carbocycles. The number of nitrogens with one attached hydrogen (secondary N) is 1. The van der Waals surface area contributed by atoms with E-state index in [1.165, 1.54) is 5.56 Å². The van der Waals surface area contributed by atoms with Crippen molar-refractivity contribution in [1.82, 2.24) is 24.8 Å². The third-order valence-electron chi connectivity index (χ3n) is 4.77. The van der Waals surface area contributed by atoms with Crippen LogP contribution in [0.1, 0.15) is 19.4 Å². The number of benzene rings is 1. The highest BCUT2D eigenvalue weighted by Crippen LogP contribution is 2.23. The molecule has 1 N–H and O–H groups in total. The summed E-state index contributed by atoms with van der Waals surface area (Å²) in [5, 5.41) is 8.03. The summed E-state index contributed by atoms with van der Waals surface area (Å²) in [6.07, 6.45) is 5.99. The molecule has 1 aliphatic rings. The fourth-order valence-electron chi connectivity index (χ4n) is 3.37. The Bertz CT molecular complexity index is 832. The highest BCUT2D eigenvalue weighted by molar-refractivity contribution is 5.85. The van der Waals surface area contributed by atoms with Gasteiger partial charge in [0.1, 0.15) is 0 Å². The third kappa shape index (κ3) is 3.68. The molecule has 0 amide bonds. The number of hydrogen-bond acceptors (Lipinski definition) is 4. The van der Waals surface area contributed by atoms with Crippen molar-refractivity contribution >= 4 is 18.1 Å². The predicted octanol–water partition coefficient (Wildman–Crippen LogP) is 3.00. The lowest BCUT2D eigenvalue weighted by atomic mass is 10.1. The van der Waals surface area contributed by atoms with Crippen molar-refractivity contribution in [3.05, 3.63) is 54.5 Å². The Morgan fingerprint density at radius 1 is 1.16 bits per heavy atom. The van der Waals surface area contributed by atoms with E-state index in [1.807, 2.05) is 35.1 Å². The maximum absolute atomic E-state index is 4.69. The fraction of sp³-hybridized carbons (Fsp3) is 0.368. The van der Waals surface area contributed by atoms with Crippen LogP contribution in [0.5, 0.6) is 0 Å². The molecular weight excluding hydrogens is 334 g/mol. The highest BCUT2D eigenvalue weighted by atomic mass is 35.5. The molecular formula is C19H24ClN5. The van der Waals surface area contributed by atoms with E-state index in [4.69, 9.17) is 0 Å². The van der Waals surface area contributed by atoms with Gasteiger partial charge in [-0.25, -0.2) is 9.50 Å². The second-order valence-corrected chi connectivity index (χ2v) is 6.74. The highest BCUT2D eigenvalue weighted by Gasteiger charge is 2.22. The molecule has 0 aliphatic carbocycles. The van der Waals surface area contributed by atoms with E-state index in [0.717, 1.165) is 36.4 Å². The molecule has 1 saturated heterocycles. The zero-order valence-corrected chi connectivity index (χ0v) is 15.4. The Morgan fingerprint density at radius 2 is 1.96 bits per heavy atom. The fourth-order valence-corrected chi connectivity index (χ4v) is 3.37. The van der Waals surface area contributed by atoms with Crippen molar-refractivity contribution in [3.8, 4) is 11.1 Å². The summed E-state index contributed by atoms with van der Waals surface area (Å²) in [7, 11) is 0. The SMILES string of the molecule is C[C@@H]1CN(Cc2cnc3c(-c4ccccc4)cnn3c2)[C@@H](C)CN1.Cl. The minimum atomic E-state index is 0. The van der Waals surface area contributed by atoms with Gasteiger partial charge in [-0.15, -0.1) is 12.4 Å². The summed E-state index contributed by atoms with van der Waals surface area (Å²) in [4.78, 5) is 7.19. The molecule has 5 nitrogen and oxygen atoms in total. The van der Waals surface area contributed by atoms with Crippen LogP contribution >= 0.6 is 12.4 Å². The minimum absolute atomic E-state index is 0. The molecule has 3 aromatic rings. The van der Waals surface area contributed by atoms with Gasteiger partial charge in [-0.3, -0.25) is 4.90 Å². The quantitative estimate of drug-likeness (QED) is 0.782. The Morgan fingerprint density at radius 3 is 2.76 bits per heavy atom. The van der Waals surface area contributed by atoms with Gasteiger partial charge in [0, 0.05) is 55.2 Å². The number of nitrogens with zero attached hydrogens (tertiary/aromatic N) is 4. The van der Waals surface area contributed by atoms with E-state index in [-0.39, 0.29) is 12.4 Å². The Balaban J connectivity index is 0.00000182. The van der Waals surface area contributed by atoms with Crippen LogP contribution in [0, 0.1) is 0 Å². The normalized spacial score (nSPS) is 21.2. The average molecular weight is 358 g/mol. The van der Waals surface area contributed by atoms with Gasteiger partial charge >= 0.3 is 0 Å². The topological polar surface area (TPSA) is 45.5 Å². The number of rotatable bonds is 3. The molecule has 6 heteroatoms. The van der Waals surface area contributed by atoms with Gasteiger partial charge in [0.25, 0.3) is 0 Å². The molecule has 0 bridgehead atoms. The molecule has 4 rings (SSSR count). The van der Waals surface area contributed by atoms with Crippen molar-refractivity contribution < 1.29 is 0 Å². The summed E-state index contributed by atoms with van der Waals surface area (Å²) in [6, 6.07) is 11.4. The van der Waals surface area contributed by atoms with Gasteiger partial charge in [-0.05, 0) is 19.4 Å². The summed E-state index contributed by atoms with van der Waals surface area (Å²) in [6.45, 7) is 7.52. The van der Waals surface area contributed by atoms with Gasteiger partial charge in [0.05, 0.1) is 6.20 Å². The summed E-state index contributed by atoms with van der Waals surface area (Å²) < 4.78 is 1.90. The van der Waals surface area contributed by atoms with Crippen LogP contribution in [0.4, 0.5) is 0 Å². The van der Waals surface area contributed by atoms with Gasteiger partial charge < -0.3 is 5.32 Å². The first kappa shape index (κ1) is 17.9. The van der Waals surface area contributed by atoms with E-state index in [1.54, 1.807) is 0 Å². The second kappa shape index (κ2) is 7.52. The first-order valence-corrected chi connectivity index (χ1v) is 8.56. The van der Waals surface area contributed by atoms with E-state index in [2.05, 4.69) is 52.5 Å². The van der Waals surface area contributed by atoms with E-state index < -0.39 is 0 Å². The minimum Gasteiger partial charge on any atom is -0.311 e. The first-order valence-electron chi connectivity index (χ1n) is 8.56. The molecule has 2 aromatic heterocycles. The second-order valence-electron chi connectivity index (χ2n) is 6.74. The number of hydrogen-bond donors (Lipinski definition) is 1. The Kier molecular flexibility index (Phi) is 5.37. The van der Waals surface area contributed by atoms with Crippen LogP contribution < -0.4 is 5.32 Å². The molecule has 0 unspecified atom stereocenters. The molecule has 1 fully saturated rings. The molecule has 2 atom stereocenters. The maximum Gasteiger partial charge on any atom is 0.162 e. The average Bonchev–Trinajstić information content (AvgIpc) is 3.02. The van der Waals surface area contributed by atoms with Crippen LogP contribution in [0.25, 0.3) is 16.8 Å². The lowest BCUT2D eigenvalue weighted by Gasteiger charge is -2.37. The largest absolute Gasteiger partial charge is 0.311 e. The van der Waals surface area contributed by atoms with Crippen LogP contribution in [-0.4, -0.2) is 44.7 Å². The summed E-state index contributed by atoms with van der Waals surface area (Å²) in [5.74, 6) is 0. The van der Waals surface area contributed by atoms with Crippen molar-refractivity contribution in [2.45, 2.75) is 32.5 Å². The zero-order valence-electron chi connectivity index (χ0n) is 14.6. The number of aromatic nitrogens is 3. The number of fused-ring (bicyclic) bond motifs is 1. The van der Waals surface area contributed by atoms with E-state index in [0.29, 0.717) is 12.1 Å². The van der Waals surface area contributed by atoms with Gasteiger partial charge in [-0.1, -0.05) is 30.3 Å². The molecule has 0 saturated carbocycles. The first-order chi connectivity index (χ1) is 11.7. The van der Waals surface area contributed by atoms with Crippen LogP contribution in [0.2, 0.25) is 0 Å². The van der Waals surface area contributed by atoms with Crippen molar-refractivity contribution in [1.29, 1.82) is 0 Å². The molecule has 0 spiro atoms. The molecule has 0 radical (unpaired) electrons. The Labute approximate surface area is 154 Å².